The van der Waals surface area contributed by atoms with E-state index in [0.717, 1.165) is 5.56 Å². The van der Waals surface area contributed by atoms with Crippen LogP contribution in [0.3, 0.4) is 0 Å². The van der Waals surface area contributed by atoms with Gasteiger partial charge in [-0.25, -0.2) is 9.97 Å². The van der Waals surface area contributed by atoms with E-state index in [1.165, 1.54) is 6.33 Å². The predicted octanol–water partition coefficient (Wildman–Crippen LogP) is 3.08. The monoisotopic (exact) mass is 438 g/mol. The van der Waals surface area contributed by atoms with Gasteiger partial charge in [0.05, 0.1) is 29.9 Å². The van der Waals surface area contributed by atoms with E-state index in [1.807, 2.05) is 35.2 Å². The Morgan fingerprint density at radius 1 is 1.31 bits per heavy atom. The Morgan fingerprint density at radius 3 is 2.66 bits per heavy atom. The number of anilines is 2. The van der Waals surface area contributed by atoms with Crippen LogP contribution in [0.2, 0.25) is 0 Å². The zero-order valence-corrected chi connectivity index (χ0v) is 18.0. The van der Waals surface area contributed by atoms with E-state index in [-0.39, 0.29) is 35.6 Å². The SMILES string of the molecule is CCOC(=O)C1CCN(c2ncnc(N(CCC#N)Cc3ccccc3)c2[N+](=O)[O-])CC1. The predicted molar refractivity (Wildman–Crippen MR) is 118 cm³/mol. The number of nitrogens with zero attached hydrogens (tertiary/aromatic N) is 6. The first-order chi connectivity index (χ1) is 15.5. The van der Waals surface area contributed by atoms with Gasteiger partial charge in [0.25, 0.3) is 0 Å². The Labute approximate surface area is 186 Å². The van der Waals surface area contributed by atoms with E-state index in [4.69, 9.17) is 10.00 Å². The lowest BCUT2D eigenvalue weighted by atomic mass is 9.97. The molecule has 10 heteroatoms. The number of hydrogen-bond acceptors (Lipinski definition) is 9. The highest BCUT2D eigenvalue weighted by Crippen LogP contribution is 2.36. The van der Waals surface area contributed by atoms with Gasteiger partial charge in [-0.15, -0.1) is 0 Å². The molecule has 2 heterocycles. The molecule has 1 aromatic heterocycles. The molecule has 0 unspecified atom stereocenters. The molecule has 0 bridgehead atoms. The van der Waals surface area contributed by atoms with E-state index >= 15 is 0 Å². The largest absolute Gasteiger partial charge is 0.466 e. The number of aromatic nitrogens is 2. The third-order valence-electron chi connectivity index (χ3n) is 5.39. The third kappa shape index (κ3) is 5.49. The Bertz CT molecular complexity index is 970. The summed E-state index contributed by atoms with van der Waals surface area (Å²) in [5, 5.41) is 21.2. The molecule has 1 fully saturated rings. The number of nitro groups is 1. The molecule has 0 aliphatic carbocycles. The summed E-state index contributed by atoms with van der Waals surface area (Å²) in [5.74, 6) is -0.0173. The highest BCUT2D eigenvalue weighted by molar-refractivity contribution is 5.74. The normalized spacial score (nSPS) is 13.9. The molecule has 0 saturated carbocycles. The van der Waals surface area contributed by atoms with Crippen molar-refractivity contribution in [3.05, 3.63) is 52.3 Å². The maximum atomic E-state index is 12.1. The minimum atomic E-state index is -0.466. The fourth-order valence-electron chi connectivity index (χ4n) is 3.82. The van der Waals surface area contributed by atoms with Crippen LogP contribution in [-0.2, 0) is 16.1 Å². The molecule has 0 N–H and O–H groups in total. The summed E-state index contributed by atoms with van der Waals surface area (Å²) in [6.45, 7) is 3.69. The summed E-state index contributed by atoms with van der Waals surface area (Å²) in [5.41, 5.74) is 0.770. The van der Waals surface area contributed by atoms with Crippen LogP contribution < -0.4 is 9.80 Å². The van der Waals surface area contributed by atoms with Crippen LogP contribution in [0.15, 0.2) is 36.7 Å². The highest BCUT2D eigenvalue weighted by atomic mass is 16.6. The number of ether oxygens (including phenoxy) is 1. The fraction of sp³-hybridized carbons (Fsp3) is 0.455. The summed E-state index contributed by atoms with van der Waals surface area (Å²) in [7, 11) is 0. The lowest BCUT2D eigenvalue weighted by Gasteiger charge is -2.32. The van der Waals surface area contributed by atoms with Gasteiger partial charge in [-0.1, -0.05) is 30.3 Å². The Morgan fingerprint density at radius 2 is 2.03 bits per heavy atom. The summed E-state index contributed by atoms with van der Waals surface area (Å²) >= 11 is 0. The van der Waals surface area contributed by atoms with Gasteiger partial charge in [-0.05, 0) is 25.3 Å². The number of piperidine rings is 1. The minimum absolute atomic E-state index is 0.184. The van der Waals surface area contributed by atoms with Gasteiger partial charge in [0.2, 0.25) is 11.6 Å². The van der Waals surface area contributed by atoms with Gasteiger partial charge in [0, 0.05) is 26.2 Å². The molecule has 0 atom stereocenters. The van der Waals surface area contributed by atoms with Gasteiger partial charge in [0.15, 0.2) is 0 Å². The van der Waals surface area contributed by atoms with E-state index in [0.29, 0.717) is 45.6 Å². The lowest BCUT2D eigenvalue weighted by Crippen LogP contribution is -2.38. The maximum absolute atomic E-state index is 12.1. The van der Waals surface area contributed by atoms with Crippen LogP contribution in [0.1, 0.15) is 31.7 Å². The average molecular weight is 438 g/mol. The molecule has 0 radical (unpaired) electrons. The summed E-state index contributed by atoms with van der Waals surface area (Å²) in [4.78, 5) is 35.7. The Kier molecular flexibility index (Phi) is 7.91. The van der Waals surface area contributed by atoms with Crippen molar-refractivity contribution in [3.63, 3.8) is 0 Å². The highest BCUT2D eigenvalue weighted by Gasteiger charge is 2.33. The topological polar surface area (TPSA) is 125 Å². The maximum Gasteiger partial charge on any atom is 0.353 e. The second kappa shape index (κ2) is 11.0. The molecule has 0 spiro atoms. The van der Waals surface area contributed by atoms with Gasteiger partial charge in [-0.2, -0.15) is 5.26 Å². The van der Waals surface area contributed by atoms with E-state index in [2.05, 4.69) is 16.0 Å². The Balaban J connectivity index is 1.88. The summed E-state index contributed by atoms with van der Waals surface area (Å²) in [6, 6.07) is 11.6. The summed E-state index contributed by atoms with van der Waals surface area (Å²) < 4.78 is 5.10. The molecule has 1 saturated heterocycles. The van der Waals surface area contributed by atoms with E-state index in [1.54, 1.807) is 11.8 Å². The summed E-state index contributed by atoms with van der Waals surface area (Å²) in [6.07, 6.45) is 2.60. The molecule has 1 aromatic carbocycles. The van der Waals surface area contributed by atoms with Crippen molar-refractivity contribution in [3.8, 4) is 6.07 Å². The minimum Gasteiger partial charge on any atom is -0.466 e. The van der Waals surface area contributed by atoms with E-state index < -0.39 is 4.92 Å². The fourth-order valence-corrected chi connectivity index (χ4v) is 3.82. The van der Waals surface area contributed by atoms with Crippen molar-refractivity contribution in [1.82, 2.24) is 9.97 Å². The molecular weight excluding hydrogens is 412 g/mol. The molecule has 1 aliphatic rings. The van der Waals surface area contributed by atoms with Crippen LogP contribution in [0.25, 0.3) is 0 Å². The van der Waals surface area contributed by atoms with Crippen molar-refractivity contribution in [1.29, 1.82) is 5.26 Å². The van der Waals surface area contributed by atoms with Crippen LogP contribution in [0.4, 0.5) is 17.3 Å². The standard InChI is InChI=1S/C22H26N6O4/c1-2-32-22(29)18-9-13-26(14-10-18)20-19(28(30)31)21(25-16-24-20)27(12-6-11-23)15-17-7-4-3-5-8-17/h3-5,7-8,16,18H,2,6,9-10,12-15H2,1H3. The number of hydrogen-bond donors (Lipinski definition) is 0. The lowest BCUT2D eigenvalue weighted by molar-refractivity contribution is -0.383. The molecule has 168 valence electrons. The van der Waals surface area contributed by atoms with Crippen molar-refractivity contribution in [2.24, 2.45) is 5.92 Å². The van der Waals surface area contributed by atoms with Gasteiger partial charge >= 0.3 is 11.7 Å². The van der Waals surface area contributed by atoms with Crippen LogP contribution in [0.5, 0.6) is 0 Å². The molecule has 10 nitrogen and oxygen atoms in total. The molecule has 2 aromatic rings. The number of benzene rings is 1. The third-order valence-corrected chi connectivity index (χ3v) is 5.39. The quantitative estimate of drug-likeness (QED) is 0.330. The number of nitriles is 1. The van der Waals surface area contributed by atoms with Crippen molar-refractivity contribution in [2.45, 2.75) is 32.7 Å². The zero-order valence-electron chi connectivity index (χ0n) is 18.0. The molecule has 1 aliphatic heterocycles. The van der Waals surface area contributed by atoms with Crippen LogP contribution in [-0.4, -0.2) is 47.1 Å². The number of carbonyl (C=O) groups is 1. The number of esters is 1. The van der Waals surface area contributed by atoms with Crippen LogP contribution in [0, 0.1) is 27.4 Å². The second-order valence-electron chi connectivity index (χ2n) is 7.46. The van der Waals surface area contributed by atoms with Crippen LogP contribution >= 0.6 is 0 Å². The zero-order chi connectivity index (χ0) is 22.9. The smallest absolute Gasteiger partial charge is 0.353 e. The molecular formula is C22H26N6O4. The molecule has 0 amide bonds. The van der Waals surface area contributed by atoms with E-state index in [9.17, 15) is 14.9 Å². The molecule has 32 heavy (non-hydrogen) atoms. The van der Waals surface area contributed by atoms with Crippen molar-refractivity contribution >= 4 is 23.3 Å². The van der Waals surface area contributed by atoms with Crippen molar-refractivity contribution in [2.75, 3.05) is 36.0 Å². The number of carbonyl (C=O) groups excluding carboxylic acids is 1. The van der Waals surface area contributed by atoms with Gasteiger partial charge < -0.3 is 14.5 Å². The number of rotatable bonds is 9. The average Bonchev–Trinajstić information content (AvgIpc) is 2.82. The first-order valence-corrected chi connectivity index (χ1v) is 10.6. The first kappa shape index (κ1) is 22.9. The van der Waals surface area contributed by atoms with Crippen molar-refractivity contribution < 1.29 is 14.5 Å². The van der Waals surface area contributed by atoms with Gasteiger partial charge in [0.1, 0.15) is 6.33 Å². The Hall–Kier alpha value is -3.74. The first-order valence-electron chi connectivity index (χ1n) is 10.6. The van der Waals surface area contributed by atoms with Gasteiger partial charge in [-0.3, -0.25) is 14.9 Å². The molecule has 3 rings (SSSR count). The second-order valence-corrected chi connectivity index (χ2v) is 7.46.